The quantitative estimate of drug-likeness (QED) is 0.333. The minimum absolute atomic E-state index is 0.0822. The van der Waals surface area contributed by atoms with Gasteiger partial charge in [0.25, 0.3) is 0 Å². The molecule has 0 aliphatic carbocycles. The number of piperazine rings is 1. The Hall–Kier alpha value is -1.89. The highest BCUT2D eigenvalue weighted by Crippen LogP contribution is 2.25. The van der Waals surface area contributed by atoms with E-state index in [0.717, 1.165) is 19.6 Å². The molecule has 0 bridgehead atoms. The van der Waals surface area contributed by atoms with Gasteiger partial charge in [-0.2, -0.15) is 5.10 Å². The Balaban J connectivity index is 1.86. The summed E-state index contributed by atoms with van der Waals surface area (Å²) < 4.78 is 0. The van der Waals surface area contributed by atoms with Crippen molar-refractivity contribution in [1.82, 2.24) is 15.1 Å². The highest BCUT2D eigenvalue weighted by Gasteiger charge is 2.32. The van der Waals surface area contributed by atoms with E-state index < -0.39 is 0 Å². The Kier molecular flexibility index (Phi) is 3.20. The smallest absolute Gasteiger partial charge is 0.173 e. The van der Waals surface area contributed by atoms with Crippen LogP contribution in [0.1, 0.15) is 18.4 Å². The fourth-order valence-corrected chi connectivity index (χ4v) is 3.00. The Morgan fingerprint density at radius 3 is 3.16 bits per heavy atom. The van der Waals surface area contributed by atoms with Crippen LogP contribution in [0.25, 0.3) is 0 Å². The van der Waals surface area contributed by atoms with Crippen molar-refractivity contribution in [1.29, 1.82) is 0 Å². The molecule has 7 heteroatoms. The molecule has 1 atom stereocenters. The molecule has 102 valence electrons. The molecular weight excluding hydrogens is 244 g/mol. The van der Waals surface area contributed by atoms with Crippen LogP contribution in [0.4, 0.5) is 5.82 Å². The number of nitrogens with two attached hydrogens (primary N) is 1. The number of anilines is 1. The van der Waals surface area contributed by atoms with E-state index in [4.69, 9.17) is 10.9 Å². The molecule has 1 unspecified atom stereocenters. The molecule has 2 aliphatic rings. The van der Waals surface area contributed by atoms with Gasteiger partial charge in [0.1, 0.15) is 0 Å². The maximum absolute atomic E-state index is 8.85. The standard InChI is InChI=1S/C12H18N6O/c13-11(16-19)10-3-4-14-15-12(10)18-7-6-17-5-1-2-9(17)8-18/h3-4,9,19H,1-2,5-8H2,(H2,13,16). The topological polar surface area (TPSA) is 90.9 Å². The molecule has 1 aromatic rings. The summed E-state index contributed by atoms with van der Waals surface area (Å²) in [5, 5.41) is 20.0. The summed E-state index contributed by atoms with van der Waals surface area (Å²) >= 11 is 0. The molecule has 0 radical (unpaired) electrons. The molecule has 2 saturated heterocycles. The lowest BCUT2D eigenvalue weighted by Crippen LogP contribution is -2.50. The monoisotopic (exact) mass is 262 g/mol. The third kappa shape index (κ3) is 2.21. The number of amidine groups is 1. The van der Waals surface area contributed by atoms with E-state index in [2.05, 4.69) is 25.2 Å². The van der Waals surface area contributed by atoms with Crippen molar-refractivity contribution in [3.63, 3.8) is 0 Å². The second-order valence-corrected chi connectivity index (χ2v) is 5.03. The lowest BCUT2D eigenvalue weighted by molar-refractivity contribution is 0.230. The first-order chi connectivity index (χ1) is 9.29. The maximum atomic E-state index is 8.85. The molecule has 3 heterocycles. The average Bonchev–Trinajstić information content (AvgIpc) is 2.93. The predicted molar refractivity (Wildman–Crippen MR) is 71.4 cm³/mol. The van der Waals surface area contributed by atoms with E-state index >= 15 is 0 Å². The van der Waals surface area contributed by atoms with Crippen molar-refractivity contribution in [2.24, 2.45) is 10.9 Å². The van der Waals surface area contributed by atoms with Gasteiger partial charge in [0.2, 0.25) is 0 Å². The van der Waals surface area contributed by atoms with Crippen LogP contribution < -0.4 is 10.6 Å². The number of hydrogen-bond donors (Lipinski definition) is 2. The number of oxime groups is 1. The molecule has 3 rings (SSSR count). The van der Waals surface area contributed by atoms with E-state index in [1.54, 1.807) is 12.3 Å². The van der Waals surface area contributed by atoms with Gasteiger partial charge in [-0.3, -0.25) is 4.90 Å². The van der Waals surface area contributed by atoms with Gasteiger partial charge in [0.15, 0.2) is 11.7 Å². The lowest BCUT2D eigenvalue weighted by atomic mass is 10.1. The number of rotatable bonds is 2. The van der Waals surface area contributed by atoms with Crippen molar-refractivity contribution in [2.45, 2.75) is 18.9 Å². The maximum Gasteiger partial charge on any atom is 0.173 e. The number of fused-ring (bicyclic) bond motifs is 1. The normalized spacial score (nSPS) is 24.5. The zero-order chi connectivity index (χ0) is 13.2. The summed E-state index contributed by atoms with van der Waals surface area (Å²) in [6.45, 7) is 4.08. The molecule has 0 amide bonds. The van der Waals surface area contributed by atoms with Crippen LogP contribution in [0.2, 0.25) is 0 Å². The molecule has 1 aromatic heterocycles. The second-order valence-electron chi connectivity index (χ2n) is 5.03. The van der Waals surface area contributed by atoms with Gasteiger partial charge < -0.3 is 15.8 Å². The molecule has 0 aromatic carbocycles. The first-order valence-corrected chi connectivity index (χ1v) is 6.58. The number of nitrogens with zero attached hydrogens (tertiary/aromatic N) is 5. The predicted octanol–water partition coefficient (Wildman–Crippen LogP) is -0.145. The van der Waals surface area contributed by atoms with E-state index in [9.17, 15) is 0 Å². The van der Waals surface area contributed by atoms with Gasteiger partial charge in [-0.25, -0.2) is 0 Å². The first kappa shape index (κ1) is 12.2. The molecular formula is C12H18N6O. The summed E-state index contributed by atoms with van der Waals surface area (Å²) in [5.41, 5.74) is 6.35. The zero-order valence-corrected chi connectivity index (χ0v) is 10.7. The van der Waals surface area contributed by atoms with Crippen LogP contribution in [-0.4, -0.2) is 58.4 Å². The number of hydrogen-bond acceptors (Lipinski definition) is 6. The minimum Gasteiger partial charge on any atom is -0.409 e. The Morgan fingerprint density at radius 1 is 1.42 bits per heavy atom. The highest BCUT2D eigenvalue weighted by atomic mass is 16.4. The second kappa shape index (κ2) is 5.00. The minimum atomic E-state index is 0.0822. The van der Waals surface area contributed by atoms with Gasteiger partial charge in [0.05, 0.1) is 11.8 Å². The van der Waals surface area contributed by atoms with E-state index in [1.807, 2.05) is 0 Å². The average molecular weight is 262 g/mol. The largest absolute Gasteiger partial charge is 0.409 e. The van der Waals surface area contributed by atoms with Crippen LogP contribution >= 0.6 is 0 Å². The van der Waals surface area contributed by atoms with Crippen molar-refractivity contribution < 1.29 is 5.21 Å². The summed E-state index contributed by atoms with van der Waals surface area (Å²) in [6.07, 6.45) is 4.06. The van der Waals surface area contributed by atoms with Crippen LogP contribution in [0.5, 0.6) is 0 Å². The number of aromatic nitrogens is 2. The third-order valence-electron chi connectivity index (χ3n) is 3.97. The van der Waals surface area contributed by atoms with E-state index in [0.29, 0.717) is 17.4 Å². The van der Waals surface area contributed by atoms with Crippen molar-refractivity contribution in [3.8, 4) is 0 Å². The summed E-state index contributed by atoms with van der Waals surface area (Å²) in [5.74, 6) is 0.795. The Labute approximate surface area is 111 Å². The molecule has 2 aliphatic heterocycles. The van der Waals surface area contributed by atoms with Crippen LogP contribution in [-0.2, 0) is 0 Å². The molecule has 19 heavy (non-hydrogen) atoms. The van der Waals surface area contributed by atoms with Crippen LogP contribution in [0.3, 0.4) is 0 Å². The summed E-state index contributed by atoms with van der Waals surface area (Å²) in [4.78, 5) is 4.71. The van der Waals surface area contributed by atoms with Crippen molar-refractivity contribution >= 4 is 11.7 Å². The molecule has 0 saturated carbocycles. The van der Waals surface area contributed by atoms with Gasteiger partial charge in [-0.1, -0.05) is 5.16 Å². The lowest BCUT2D eigenvalue weighted by Gasteiger charge is -2.38. The molecule has 0 spiro atoms. The molecule has 2 fully saturated rings. The van der Waals surface area contributed by atoms with Crippen molar-refractivity contribution in [2.75, 3.05) is 31.1 Å². The molecule has 3 N–H and O–H groups in total. The highest BCUT2D eigenvalue weighted by molar-refractivity contribution is 6.01. The van der Waals surface area contributed by atoms with Crippen molar-refractivity contribution in [3.05, 3.63) is 17.8 Å². The van der Waals surface area contributed by atoms with E-state index in [1.165, 1.54) is 19.4 Å². The molecule has 7 nitrogen and oxygen atoms in total. The van der Waals surface area contributed by atoms with Crippen LogP contribution in [0.15, 0.2) is 17.4 Å². The summed E-state index contributed by atoms with van der Waals surface area (Å²) in [6, 6.07) is 2.33. The fraction of sp³-hybridized carbons (Fsp3) is 0.583. The van der Waals surface area contributed by atoms with Gasteiger partial charge in [-0.15, -0.1) is 5.10 Å². The van der Waals surface area contributed by atoms with E-state index in [-0.39, 0.29) is 5.84 Å². The fourth-order valence-electron chi connectivity index (χ4n) is 3.00. The first-order valence-electron chi connectivity index (χ1n) is 6.58. The summed E-state index contributed by atoms with van der Waals surface area (Å²) in [7, 11) is 0. The van der Waals surface area contributed by atoms with Gasteiger partial charge in [0, 0.05) is 25.7 Å². The van der Waals surface area contributed by atoms with Gasteiger partial charge in [-0.05, 0) is 25.5 Å². The zero-order valence-electron chi connectivity index (χ0n) is 10.7. The Bertz CT molecular complexity index is 491. The SMILES string of the molecule is N/C(=N/O)c1ccnnc1N1CCN2CCCC2C1. The van der Waals surface area contributed by atoms with Crippen LogP contribution in [0, 0.1) is 0 Å². The third-order valence-corrected chi connectivity index (χ3v) is 3.97. The Morgan fingerprint density at radius 2 is 2.32 bits per heavy atom. The van der Waals surface area contributed by atoms with Gasteiger partial charge >= 0.3 is 0 Å².